The maximum atomic E-state index is 4.27. The van der Waals surface area contributed by atoms with Crippen molar-refractivity contribution < 1.29 is 0 Å². The molecule has 0 aromatic heterocycles. The first-order valence-electron chi connectivity index (χ1n) is 2.92. The van der Waals surface area contributed by atoms with E-state index in [-0.39, 0.29) is 0 Å². The Morgan fingerprint density at radius 1 is 1.40 bits per heavy atom. The van der Waals surface area contributed by atoms with Crippen molar-refractivity contribution >= 4 is 40.9 Å². The Labute approximate surface area is 79.8 Å². The van der Waals surface area contributed by atoms with Crippen molar-refractivity contribution in [3.8, 4) is 0 Å². The lowest BCUT2D eigenvalue weighted by Gasteiger charge is -2.03. The van der Waals surface area contributed by atoms with E-state index in [0.29, 0.717) is 0 Å². The SMILES string of the molecule is Sc1ccccc1NCI. The van der Waals surface area contributed by atoms with Crippen molar-refractivity contribution in [3.05, 3.63) is 24.3 Å². The summed E-state index contributed by atoms with van der Waals surface area (Å²) in [6, 6.07) is 7.95. The summed E-state index contributed by atoms with van der Waals surface area (Å²) < 4.78 is 0.912. The van der Waals surface area contributed by atoms with Crippen LogP contribution in [0.4, 0.5) is 5.69 Å². The lowest BCUT2D eigenvalue weighted by Crippen LogP contribution is -1.93. The van der Waals surface area contributed by atoms with E-state index in [1.165, 1.54) is 0 Å². The van der Waals surface area contributed by atoms with E-state index in [4.69, 9.17) is 0 Å². The Balaban J connectivity index is 2.81. The molecule has 0 unspecified atom stereocenters. The maximum absolute atomic E-state index is 4.27. The number of hydrogen-bond donors (Lipinski definition) is 2. The Morgan fingerprint density at radius 3 is 2.70 bits per heavy atom. The molecule has 1 aromatic rings. The summed E-state index contributed by atoms with van der Waals surface area (Å²) in [6.45, 7) is 0. The molecule has 0 aliphatic rings. The second-order valence-electron chi connectivity index (χ2n) is 1.83. The maximum Gasteiger partial charge on any atom is 0.0671 e. The van der Waals surface area contributed by atoms with Gasteiger partial charge in [0.15, 0.2) is 0 Å². The van der Waals surface area contributed by atoms with Gasteiger partial charge in [0.1, 0.15) is 0 Å². The van der Waals surface area contributed by atoms with Crippen LogP contribution >= 0.6 is 35.2 Å². The Kier molecular flexibility index (Phi) is 3.34. The molecule has 1 nitrogen and oxygen atoms in total. The van der Waals surface area contributed by atoms with Crippen LogP contribution in [0, 0.1) is 0 Å². The summed E-state index contributed by atoms with van der Waals surface area (Å²) in [5, 5.41) is 3.19. The fourth-order valence-corrected chi connectivity index (χ4v) is 1.35. The van der Waals surface area contributed by atoms with Gasteiger partial charge in [-0.05, 0) is 12.1 Å². The molecule has 0 amide bonds. The van der Waals surface area contributed by atoms with E-state index in [0.717, 1.165) is 15.1 Å². The number of benzene rings is 1. The summed E-state index contributed by atoms with van der Waals surface area (Å²) >= 11 is 6.53. The minimum atomic E-state index is 0.912. The Hall–Kier alpha value is 0.1000. The summed E-state index contributed by atoms with van der Waals surface area (Å²) in [6.07, 6.45) is 0. The van der Waals surface area contributed by atoms with Crippen LogP contribution in [0.2, 0.25) is 0 Å². The molecule has 0 spiro atoms. The summed E-state index contributed by atoms with van der Waals surface area (Å²) in [5.74, 6) is 0. The van der Waals surface area contributed by atoms with Gasteiger partial charge >= 0.3 is 0 Å². The van der Waals surface area contributed by atoms with Crippen LogP contribution in [-0.4, -0.2) is 4.55 Å². The van der Waals surface area contributed by atoms with Crippen molar-refractivity contribution in [3.63, 3.8) is 0 Å². The number of nitrogens with one attached hydrogen (secondary N) is 1. The first-order chi connectivity index (χ1) is 4.84. The molecule has 1 rings (SSSR count). The molecule has 0 saturated carbocycles. The zero-order chi connectivity index (χ0) is 7.40. The number of hydrogen-bond acceptors (Lipinski definition) is 2. The molecule has 0 aliphatic heterocycles. The molecule has 0 aliphatic carbocycles. The van der Waals surface area contributed by atoms with Gasteiger partial charge in [-0.3, -0.25) is 0 Å². The van der Waals surface area contributed by atoms with Crippen molar-refractivity contribution in [2.45, 2.75) is 4.90 Å². The van der Waals surface area contributed by atoms with Crippen LogP contribution in [-0.2, 0) is 0 Å². The second kappa shape index (κ2) is 4.08. The molecule has 0 fully saturated rings. The standard InChI is InChI=1S/C7H8INS/c8-5-9-6-3-1-2-4-7(6)10/h1-4,9-10H,5H2. The second-order valence-corrected chi connectivity index (χ2v) is 3.07. The third kappa shape index (κ3) is 2.05. The molecule has 0 atom stereocenters. The van der Waals surface area contributed by atoms with Gasteiger partial charge in [-0.15, -0.1) is 12.6 Å². The van der Waals surface area contributed by atoms with Gasteiger partial charge in [-0.1, -0.05) is 34.7 Å². The van der Waals surface area contributed by atoms with Crippen molar-refractivity contribution in [2.75, 3.05) is 9.87 Å². The normalized spacial score (nSPS) is 9.40. The zero-order valence-electron chi connectivity index (χ0n) is 5.34. The van der Waals surface area contributed by atoms with Crippen molar-refractivity contribution in [1.82, 2.24) is 0 Å². The predicted molar refractivity (Wildman–Crippen MR) is 56.2 cm³/mol. The molecule has 0 saturated heterocycles. The summed E-state index contributed by atoms with van der Waals surface area (Å²) in [4.78, 5) is 0.999. The topological polar surface area (TPSA) is 12.0 Å². The van der Waals surface area contributed by atoms with E-state index < -0.39 is 0 Å². The third-order valence-corrected chi connectivity index (χ3v) is 1.93. The quantitative estimate of drug-likeness (QED) is 0.362. The Morgan fingerprint density at radius 2 is 2.10 bits per heavy atom. The highest BCUT2D eigenvalue weighted by molar-refractivity contribution is 14.1. The molecule has 54 valence electrons. The van der Waals surface area contributed by atoms with Crippen LogP contribution < -0.4 is 5.32 Å². The van der Waals surface area contributed by atoms with Crippen molar-refractivity contribution in [2.24, 2.45) is 0 Å². The number of alkyl halides is 1. The van der Waals surface area contributed by atoms with E-state index in [1.54, 1.807) is 0 Å². The van der Waals surface area contributed by atoms with E-state index >= 15 is 0 Å². The number of thiol groups is 1. The lowest BCUT2D eigenvalue weighted by molar-refractivity contribution is 1.38. The minimum absolute atomic E-state index is 0.912. The molecule has 0 bridgehead atoms. The zero-order valence-corrected chi connectivity index (χ0v) is 8.39. The highest BCUT2D eigenvalue weighted by atomic mass is 127. The summed E-state index contributed by atoms with van der Waals surface area (Å²) in [5.41, 5.74) is 1.10. The highest BCUT2D eigenvalue weighted by Gasteiger charge is 1.92. The summed E-state index contributed by atoms with van der Waals surface area (Å²) in [7, 11) is 0. The van der Waals surface area contributed by atoms with Crippen LogP contribution in [0.5, 0.6) is 0 Å². The first kappa shape index (κ1) is 8.20. The first-order valence-corrected chi connectivity index (χ1v) is 4.89. The van der Waals surface area contributed by atoms with Gasteiger partial charge in [-0.25, -0.2) is 0 Å². The van der Waals surface area contributed by atoms with E-state index in [2.05, 4.69) is 40.5 Å². The van der Waals surface area contributed by atoms with Gasteiger partial charge in [0.2, 0.25) is 0 Å². The molecule has 10 heavy (non-hydrogen) atoms. The highest BCUT2D eigenvalue weighted by Crippen LogP contribution is 2.18. The lowest BCUT2D eigenvalue weighted by atomic mass is 10.3. The number of para-hydroxylation sites is 1. The number of anilines is 1. The minimum Gasteiger partial charge on any atom is -0.375 e. The largest absolute Gasteiger partial charge is 0.375 e. The molecule has 0 heterocycles. The smallest absolute Gasteiger partial charge is 0.0671 e. The Bertz CT molecular complexity index is 215. The molecular formula is C7H8INS. The average molecular weight is 265 g/mol. The number of rotatable bonds is 2. The fraction of sp³-hybridized carbons (Fsp3) is 0.143. The molecular weight excluding hydrogens is 257 g/mol. The molecule has 0 radical (unpaired) electrons. The van der Waals surface area contributed by atoms with Crippen LogP contribution in [0.15, 0.2) is 29.2 Å². The van der Waals surface area contributed by atoms with Crippen LogP contribution in [0.25, 0.3) is 0 Å². The monoisotopic (exact) mass is 265 g/mol. The fourth-order valence-electron chi connectivity index (χ4n) is 0.695. The van der Waals surface area contributed by atoms with Gasteiger partial charge in [0.05, 0.1) is 4.55 Å². The van der Waals surface area contributed by atoms with Crippen LogP contribution in [0.3, 0.4) is 0 Å². The average Bonchev–Trinajstić information content (AvgIpc) is 1.94. The van der Waals surface area contributed by atoms with Crippen LogP contribution in [0.1, 0.15) is 0 Å². The predicted octanol–water partition coefficient (Wildman–Crippen LogP) is 2.78. The van der Waals surface area contributed by atoms with Crippen molar-refractivity contribution in [1.29, 1.82) is 0 Å². The molecule has 1 aromatic carbocycles. The van der Waals surface area contributed by atoms with Gasteiger partial charge in [-0.2, -0.15) is 0 Å². The van der Waals surface area contributed by atoms with Gasteiger partial charge < -0.3 is 5.32 Å². The van der Waals surface area contributed by atoms with E-state index in [1.807, 2.05) is 24.3 Å². The number of halogens is 1. The van der Waals surface area contributed by atoms with Gasteiger partial charge in [0.25, 0.3) is 0 Å². The van der Waals surface area contributed by atoms with E-state index in [9.17, 15) is 0 Å². The molecule has 3 heteroatoms. The third-order valence-electron chi connectivity index (χ3n) is 1.16. The molecule has 1 N–H and O–H groups in total. The van der Waals surface area contributed by atoms with Gasteiger partial charge in [0, 0.05) is 10.6 Å².